The average Bonchev–Trinajstić information content (AvgIpc) is 2.58. The summed E-state index contributed by atoms with van der Waals surface area (Å²) in [6.07, 6.45) is 0.295. The molecule has 0 saturated carbocycles. The van der Waals surface area contributed by atoms with E-state index in [2.05, 4.69) is 16.0 Å². The van der Waals surface area contributed by atoms with Gasteiger partial charge in [0.05, 0.1) is 11.3 Å². The molecule has 1 fully saturated rings. The lowest BCUT2D eigenvalue weighted by molar-refractivity contribution is -0.125. The number of hydrogen-bond acceptors (Lipinski definition) is 6. The van der Waals surface area contributed by atoms with Crippen molar-refractivity contribution < 1.29 is 19.6 Å². The number of rotatable bonds is 3. The van der Waals surface area contributed by atoms with Gasteiger partial charge in [-0.25, -0.2) is 5.06 Å². The Kier molecular flexibility index (Phi) is 4.36. The van der Waals surface area contributed by atoms with Crippen LogP contribution in [0.25, 0.3) is 0 Å². The minimum absolute atomic E-state index is 0.0117. The number of primary amides is 1. The SMILES string of the molecule is NC(=O)c1ccc2c(c1)N(O)C(C(=O)NC1CCNCC1)NC2=O. The highest BCUT2D eigenvalue weighted by molar-refractivity contribution is 6.07. The lowest BCUT2D eigenvalue weighted by atomic mass is 10.0. The number of fused-ring (bicyclic) bond motifs is 1. The van der Waals surface area contributed by atoms with Crippen LogP contribution in [0.15, 0.2) is 18.2 Å². The van der Waals surface area contributed by atoms with Gasteiger partial charge in [0.2, 0.25) is 12.1 Å². The first-order valence-corrected chi connectivity index (χ1v) is 7.71. The number of nitrogens with zero attached hydrogens (tertiary/aromatic N) is 1. The van der Waals surface area contributed by atoms with E-state index in [1.165, 1.54) is 18.2 Å². The van der Waals surface area contributed by atoms with Gasteiger partial charge in [-0.15, -0.1) is 0 Å². The van der Waals surface area contributed by atoms with Crippen molar-refractivity contribution >= 4 is 23.4 Å². The van der Waals surface area contributed by atoms with Gasteiger partial charge in [-0.3, -0.25) is 19.6 Å². The molecule has 9 heteroatoms. The minimum atomic E-state index is -1.26. The number of amides is 3. The number of carbonyl (C=O) groups is 3. The van der Waals surface area contributed by atoms with Gasteiger partial charge in [-0.1, -0.05) is 0 Å². The number of hydrogen-bond donors (Lipinski definition) is 5. The fraction of sp³-hybridized carbons (Fsp3) is 0.400. The van der Waals surface area contributed by atoms with Gasteiger partial charge in [-0.05, 0) is 44.1 Å². The molecule has 1 atom stereocenters. The number of benzene rings is 1. The fourth-order valence-electron chi connectivity index (χ4n) is 2.89. The maximum atomic E-state index is 12.4. The number of piperidine rings is 1. The summed E-state index contributed by atoms with van der Waals surface area (Å²) in [5, 5.41) is 19.5. The van der Waals surface area contributed by atoms with Crippen LogP contribution in [0.4, 0.5) is 5.69 Å². The van der Waals surface area contributed by atoms with E-state index in [0.717, 1.165) is 25.9 Å². The quantitative estimate of drug-likeness (QED) is 0.477. The fourth-order valence-corrected chi connectivity index (χ4v) is 2.89. The van der Waals surface area contributed by atoms with Crippen molar-refractivity contribution in [3.05, 3.63) is 29.3 Å². The van der Waals surface area contributed by atoms with Crippen LogP contribution in [0.5, 0.6) is 0 Å². The molecule has 128 valence electrons. The Morgan fingerprint density at radius 3 is 2.67 bits per heavy atom. The molecule has 2 aliphatic rings. The molecule has 24 heavy (non-hydrogen) atoms. The molecule has 1 aromatic rings. The first-order valence-electron chi connectivity index (χ1n) is 7.71. The van der Waals surface area contributed by atoms with Crippen molar-refractivity contribution in [2.75, 3.05) is 18.2 Å². The van der Waals surface area contributed by atoms with E-state index in [1.807, 2.05) is 0 Å². The van der Waals surface area contributed by atoms with Gasteiger partial charge >= 0.3 is 0 Å². The third-order valence-electron chi connectivity index (χ3n) is 4.22. The molecule has 2 heterocycles. The van der Waals surface area contributed by atoms with Crippen LogP contribution in [-0.4, -0.2) is 48.2 Å². The second kappa shape index (κ2) is 6.46. The molecule has 1 aromatic carbocycles. The molecule has 0 aliphatic carbocycles. The average molecular weight is 333 g/mol. The summed E-state index contributed by atoms with van der Waals surface area (Å²) in [5.41, 5.74) is 5.59. The van der Waals surface area contributed by atoms with Crippen molar-refractivity contribution in [3.8, 4) is 0 Å². The third-order valence-corrected chi connectivity index (χ3v) is 4.22. The van der Waals surface area contributed by atoms with E-state index in [9.17, 15) is 19.6 Å². The highest BCUT2D eigenvalue weighted by Crippen LogP contribution is 2.26. The molecule has 1 unspecified atom stereocenters. The van der Waals surface area contributed by atoms with Crippen molar-refractivity contribution in [3.63, 3.8) is 0 Å². The second-order valence-electron chi connectivity index (χ2n) is 5.85. The highest BCUT2D eigenvalue weighted by atomic mass is 16.5. The van der Waals surface area contributed by atoms with Crippen molar-refractivity contribution in [2.24, 2.45) is 5.73 Å². The van der Waals surface area contributed by atoms with E-state index in [1.54, 1.807) is 0 Å². The first kappa shape index (κ1) is 16.2. The number of nitrogens with one attached hydrogen (secondary N) is 3. The molecule has 1 saturated heterocycles. The third kappa shape index (κ3) is 3.03. The summed E-state index contributed by atoms with van der Waals surface area (Å²) < 4.78 is 0. The Balaban J connectivity index is 1.81. The predicted octanol–water partition coefficient (Wildman–Crippen LogP) is -1.08. The molecule has 0 radical (unpaired) electrons. The van der Waals surface area contributed by atoms with Gasteiger partial charge < -0.3 is 21.7 Å². The summed E-state index contributed by atoms with van der Waals surface area (Å²) in [4.78, 5) is 35.9. The molecule has 9 nitrogen and oxygen atoms in total. The summed E-state index contributed by atoms with van der Waals surface area (Å²) in [7, 11) is 0. The molecule has 3 rings (SSSR count). The van der Waals surface area contributed by atoms with E-state index in [0.29, 0.717) is 5.06 Å². The first-order chi connectivity index (χ1) is 11.5. The summed E-state index contributed by atoms with van der Waals surface area (Å²) in [5.74, 6) is -1.70. The molecule has 0 spiro atoms. The Labute approximate surface area is 138 Å². The molecular formula is C15H19N5O4. The Hall–Kier alpha value is -2.65. The number of anilines is 1. The van der Waals surface area contributed by atoms with Crippen molar-refractivity contribution in [1.82, 2.24) is 16.0 Å². The molecule has 0 aromatic heterocycles. The zero-order valence-corrected chi connectivity index (χ0v) is 12.9. The van der Waals surface area contributed by atoms with Crippen LogP contribution in [0.1, 0.15) is 33.6 Å². The van der Waals surface area contributed by atoms with Crippen LogP contribution >= 0.6 is 0 Å². The molecule has 6 N–H and O–H groups in total. The molecule has 2 aliphatic heterocycles. The number of hydroxylamine groups is 1. The zero-order valence-electron chi connectivity index (χ0n) is 12.9. The van der Waals surface area contributed by atoms with Crippen LogP contribution < -0.4 is 26.7 Å². The van der Waals surface area contributed by atoms with Crippen molar-refractivity contribution in [2.45, 2.75) is 25.0 Å². The summed E-state index contributed by atoms with van der Waals surface area (Å²) in [6.45, 7) is 1.60. The predicted molar refractivity (Wildman–Crippen MR) is 84.5 cm³/mol. The molecule has 3 amide bonds. The Morgan fingerprint density at radius 1 is 1.29 bits per heavy atom. The van der Waals surface area contributed by atoms with E-state index in [4.69, 9.17) is 5.73 Å². The van der Waals surface area contributed by atoms with Gasteiger partial charge in [0.15, 0.2) is 0 Å². The number of nitrogens with two attached hydrogens (primary N) is 1. The monoisotopic (exact) mass is 333 g/mol. The highest BCUT2D eigenvalue weighted by Gasteiger charge is 2.36. The van der Waals surface area contributed by atoms with Crippen LogP contribution in [0, 0.1) is 0 Å². The van der Waals surface area contributed by atoms with E-state index < -0.39 is 23.9 Å². The smallest absolute Gasteiger partial charge is 0.266 e. The Morgan fingerprint density at radius 2 is 2.00 bits per heavy atom. The minimum Gasteiger partial charge on any atom is -0.366 e. The van der Waals surface area contributed by atoms with E-state index in [-0.39, 0.29) is 22.9 Å². The second-order valence-corrected chi connectivity index (χ2v) is 5.85. The Bertz CT molecular complexity index is 686. The van der Waals surface area contributed by atoms with Crippen molar-refractivity contribution in [1.29, 1.82) is 0 Å². The maximum absolute atomic E-state index is 12.4. The summed E-state index contributed by atoms with van der Waals surface area (Å²) >= 11 is 0. The van der Waals surface area contributed by atoms with Crippen LogP contribution in [-0.2, 0) is 4.79 Å². The van der Waals surface area contributed by atoms with E-state index >= 15 is 0 Å². The van der Waals surface area contributed by atoms with Crippen LogP contribution in [0.2, 0.25) is 0 Å². The zero-order chi connectivity index (χ0) is 17.3. The van der Waals surface area contributed by atoms with Gasteiger partial charge in [0, 0.05) is 11.6 Å². The largest absolute Gasteiger partial charge is 0.366 e. The van der Waals surface area contributed by atoms with Gasteiger partial charge in [0.25, 0.3) is 11.8 Å². The number of carbonyl (C=O) groups excluding carboxylic acids is 3. The van der Waals surface area contributed by atoms with Gasteiger partial charge in [0.1, 0.15) is 0 Å². The normalized spacial score (nSPS) is 21.0. The topological polar surface area (TPSA) is 137 Å². The maximum Gasteiger partial charge on any atom is 0.266 e. The van der Waals surface area contributed by atoms with Gasteiger partial charge in [-0.2, -0.15) is 0 Å². The summed E-state index contributed by atoms with van der Waals surface area (Å²) in [6, 6.07) is 4.06. The molecule has 0 bridgehead atoms. The molecular weight excluding hydrogens is 314 g/mol. The lowest BCUT2D eigenvalue weighted by Crippen LogP contribution is -2.60. The lowest BCUT2D eigenvalue weighted by Gasteiger charge is -2.34. The standard InChI is InChI=1S/C15H19N5O4/c16-12(21)8-1-2-10-11(7-8)20(24)13(19-14(10)22)15(23)18-9-3-5-17-6-4-9/h1-2,7,9,13,17,24H,3-6H2,(H2,16,21)(H,18,23)(H,19,22). The van der Waals surface area contributed by atoms with Crippen LogP contribution in [0.3, 0.4) is 0 Å².